The van der Waals surface area contributed by atoms with E-state index >= 15 is 0 Å². The first-order valence-corrected chi connectivity index (χ1v) is 6.56. The zero-order chi connectivity index (χ0) is 14.7. The number of phenolic OH excluding ortho intramolecular Hbond substituents is 1. The lowest BCUT2D eigenvalue weighted by Gasteiger charge is -2.07. The van der Waals surface area contributed by atoms with Crippen molar-refractivity contribution < 1.29 is 9.90 Å². The van der Waals surface area contributed by atoms with Gasteiger partial charge in [0.15, 0.2) is 0 Å². The van der Waals surface area contributed by atoms with E-state index in [0.717, 1.165) is 11.3 Å². The lowest BCUT2D eigenvalue weighted by Crippen LogP contribution is -2.24. The molecule has 0 saturated carbocycles. The molecule has 6 heteroatoms. The van der Waals surface area contributed by atoms with E-state index in [4.69, 9.17) is 11.6 Å². The summed E-state index contributed by atoms with van der Waals surface area (Å²) in [5, 5.41) is 16.6. The number of aromatic hydroxyl groups is 1. The molecular formula is C14H16ClN3O2. The van der Waals surface area contributed by atoms with Crippen molar-refractivity contribution in [2.45, 2.75) is 19.9 Å². The molecule has 0 atom stereocenters. The molecule has 1 heterocycles. The second kappa shape index (κ2) is 5.96. The highest BCUT2D eigenvalue weighted by Gasteiger charge is 2.09. The zero-order valence-electron chi connectivity index (χ0n) is 11.4. The van der Waals surface area contributed by atoms with Crippen molar-refractivity contribution in [3.8, 4) is 5.75 Å². The maximum Gasteiger partial charge on any atom is 0.224 e. The van der Waals surface area contributed by atoms with Crippen LogP contribution in [0.5, 0.6) is 5.75 Å². The third kappa shape index (κ3) is 3.30. The summed E-state index contributed by atoms with van der Waals surface area (Å²) in [5.41, 5.74) is 2.69. The first-order valence-electron chi connectivity index (χ1n) is 6.19. The summed E-state index contributed by atoms with van der Waals surface area (Å²) in [6.45, 7) is 2.39. The van der Waals surface area contributed by atoms with Gasteiger partial charge >= 0.3 is 0 Å². The predicted octanol–water partition coefficient (Wildman–Crippen LogP) is 1.95. The van der Waals surface area contributed by atoms with Crippen molar-refractivity contribution in [2.75, 3.05) is 0 Å². The van der Waals surface area contributed by atoms with Crippen molar-refractivity contribution in [2.24, 2.45) is 7.05 Å². The number of aromatic nitrogens is 2. The Labute approximate surface area is 122 Å². The molecular weight excluding hydrogens is 278 g/mol. The minimum atomic E-state index is -0.124. The van der Waals surface area contributed by atoms with E-state index in [9.17, 15) is 9.90 Å². The number of phenols is 1. The van der Waals surface area contributed by atoms with Crippen molar-refractivity contribution in [1.29, 1.82) is 0 Å². The fraction of sp³-hybridized carbons (Fsp3) is 0.286. The smallest absolute Gasteiger partial charge is 0.224 e. The highest BCUT2D eigenvalue weighted by molar-refractivity contribution is 6.31. The van der Waals surface area contributed by atoms with E-state index < -0.39 is 0 Å². The van der Waals surface area contributed by atoms with Crippen LogP contribution in [0.25, 0.3) is 0 Å². The molecule has 1 amide bonds. The summed E-state index contributed by atoms with van der Waals surface area (Å²) in [5.74, 6) is -0.0361. The number of hydrogen-bond donors (Lipinski definition) is 2. The molecule has 106 valence electrons. The first-order chi connectivity index (χ1) is 9.47. The fourth-order valence-electron chi connectivity index (χ4n) is 1.83. The Bertz CT molecular complexity index is 637. The van der Waals surface area contributed by atoms with Gasteiger partial charge in [-0.05, 0) is 24.6 Å². The van der Waals surface area contributed by atoms with Gasteiger partial charge in [0.2, 0.25) is 5.91 Å². The van der Waals surface area contributed by atoms with E-state index in [1.165, 1.54) is 12.1 Å². The summed E-state index contributed by atoms with van der Waals surface area (Å²) in [4.78, 5) is 11.9. The van der Waals surface area contributed by atoms with Crippen LogP contribution in [0.2, 0.25) is 5.02 Å². The number of benzene rings is 1. The molecule has 0 aliphatic rings. The molecule has 0 bridgehead atoms. The summed E-state index contributed by atoms with van der Waals surface area (Å²) < 4.78 is 1.76. The van der Waals surface area contributed by atoms with Crippen LogP contribution in [-0.2, 0) is 24.8 Å². The maximum atomic E-state index is 11.9. The lowest BCUT2D eigenvalue weighted by molar-refractivity contribution is -0.120. The van der Waals surface area contributed by atoms with Crippen molar-refractivity contribution in [1.82, 2.24) is 15.1 Å². The maximum absolute atomic E-state index is 11.9. The van der Waals surface area contributed by atoms with Crippen LogP contribution in [0.1, 0.15) is 16.8 Å². The van der Waals surface area contributed by atoms with Crippen molar-refractivity contribution in [3.05, 3.63) is 46.2 Å². The SMILES string of the molecule is Cc1c(CNC(=O)Cc2ccc(O)cc2Cl)cnn1C. The molecule has 2 N–H and O–H groups in total. The monoisotopic (exact) mass is 293 g/mol. The zero-order valence-corrected chi connectivity index (χ0v) is 12.1. The predicted molar refractivity (Wildman–Crippen MR) is 76.6 cm³/mol. The number of amides is 1. The Kier molecular flexibility index (Phi) is 4.29. The molecule has 0 aliphatic heterocycles. The van der Waals surface area contributed by atoms with Crippen molar-refractivity contribution >= 4 is 17.5 Å². The van der Waals surface area contributed by atoms with Gasteiger partial charge < -0.3 is 10.4 Å². The second-order valence-corrected chi connectivity index (χ2v) is 5.02. The number of carbonyl (C=O) groups excluding carboxylic acids is 1. The molecule has 2 aromatic rings. The Balaban J connectivity index is 1.94. The highest BCUT2D eigenvalue weighted by Crippen LogP contribution is 2.21. The Hall–Kier alpha value is -2.01. The number of hydrogen-bond acceptors (Lipinski definition) is 3. The van der Waals surface area contributed by atoms with Crippen LogP contribution in [0.3, 0.4) is 0 Å². The minimum Gasteiger partial charge on any atom is -0.508 e. The van der Waals surface area contributed by atoms with Gasteiger partial charge in [-0.2, -0.15) is 5.10 Å². The summed E-state index contributed by atoms with van der Waals surface area (Å²) >= 11 is 5.97. The molecule has 0 spiro atoms. The van der Waals surface area contributed by atoms with E-state index in [2.05, 4.69) is 10.4 Å². The number of halogens is 1. The van der Waals surface area contributed by atoms with Crippen LogP contribution in [-0.4, -0.2) is 20.8 Å². The fourth-order valence-corrected chi connectivity index (χ4v) is 2.07. The number of aryl methyl sites for hydroxylation is 1. The average Bonchev–Trinajstić information content (AvgIpc) is 2.71. The third-order valence-electron chi connectivity index (χ3n) is 3.20. The van der Waals surface area contributed by atoms with E-state index in [0.29, 0.717) is 17.1 Å². The standard InChI is InChI=1S/C14H16ClN3O2/c1-9-11(8-17-18(9)2)7-16-14(20)5-10-3-4-12(19)6-13(10)15/h3-4,6,8,19H,5,7H2,1-2H3,(H,16,20). The van der Waals surface area contributed by atoms with Crippen LogP contribution in [0.15, 0.2) is 24.4 Å². The Morgan fingerprint density at radius 3 is 2.80 bits per heavy atom. The normalized spacial score (nSPS) is 10.6. The van der Waals surface area contributed by atoms with Gasteiger partial charge in [0.1, 0.15) is 5.75 Å². The van der Waals surface area contributed by atoms with Crippen molar-refractivity contribution in [3.63, 3.8) is 0 Å². The average molecular weight is 294 g/mol. The molecule has 5 nitrogen and oxygen atoms in total. The molecule has 0 aliphatic carbocycles. The van der Waals surface area contributed by atoms with Crippen LogP contribution >= 0.6 is 11.6 Å². The summed E-state index contributed by atoms with van der Waals surface area (Å²) in [6.07, 6.45) is 1.92. The highest BCUT2D eigenvalue weighted by atomic mass is 35.5. The number of rotatable bonds is 4. The molecule has 0 radical (unpaired) electrons. The topological polar surface area (TPSA) is 67.2 Å². The van der Waals surface area contributed by atoms with Crippen LogP contribution < -0.4 is 5.32 Å². The van der Waals surface area contributed by atoms with Gasteiger partial charge in [0, 0.05) is 29.9 Å². The number of nitrogens with one attached hydrogen (secondary N) is 1. The third-order valence-corrected chi connectivity index (χ3v) is 3.55. The van der Waals surface area contributed by atoms with Crippen LogP contribution in [0.4, 0.5) is 0 Å². The molecule has 2 rings (SSSR count). The molecule has 20 heavy (non-hydrogen) atoms. The molecule has 1 aromatic heterocycles. The van der Waals surface area contributed by atoms with E-state index in [-0.39, 0.29) is 18.1 Å². The van der Waals surface area contributed by atoms with E-state index in [1.54, 1.807) is 16.9 Å². The quantitative estimate of drug-likeness (QED) is 0.905. The largest absolute Gasteiger partial charge is 0.508 e. The van der Waals surface area contributed by atoms with Gasteiger partial charge in [0.05, 0.1) is 12.6 Å². The van der Waals surface area contributed by atoms with Gasteiger partial charge in [0.25, 0.3) is 0 Å². The minimum absolute atomic E-state index is 0.0881. The Morgan fingerprint density at radius 1 is 1.45 bits per heavy atom. The number of carbonyl (C=O) groups is 1. The second-order valence-electron chi connectivity index (χ2n) is 4.61. The van der Waals surface area contributed by atoms with Gasteiger partial charge in [-0.3, -0.25) is 9.48 Å². The van der Waals surface area contributed by atoms with Gasteiger partial charge in [-0.25, -0.2) is 0 Å². The molecule has 0 unspecified atom stereocenters. The van der Waals surface area contributed by atoms with E-state index in [1.807, 2.05) is 14.0 Å². The van der Waals surface area contributed by atoms with Gasteiger partial charge in [-0.1, -0.05) is 17.7 Å². The lowest BCUT2D eigenvalue weighted by atomic mass is 10.1. The summed E-state index contributed by atoms with van der Waals surface area (Å²) in [7, 11) is 1.86. The molecule has 1 aromatic carbocycles. The first kappa shape index (κ1) is 14.4. The van der Waals surface area contributed by atoms with Gasteiger partial charge in [-0.15, -0.1) is 0 Å². The number of nitrogens with zero attached hydrogens (tertiary/aromatic N) is 2. The molecule has 0 fully saturated rings. The van der Waals surface area contributed by atoms with Crippen LogP contribution in [0, 0.1) is 6.92 Å². The Morgan fingerprint density at radius 2 is 2.20 bits per heavy atom. The summed E-state index contributed by atoms with van der Waals surface area (Å²) in [6, 6.07) is 4.59. The molecule has 0 saturated heterocycles.